The number of benzene rings is 2. The molecule has 0 unspecified atom stereocenters. The molecule has 3 aromatic rings. The summed E-state index contributed by atoms with van der Waals surface area (Å²) in [6.45, 7) is 3.77. The number of fused-ring (bicyclic) bond motifs is 1. The first-order chi connectivity index (χ1) is 13.2. The number of carbonyl (C=O) groups is 1. The Labute approximate surface area is 158 Å². The van der Waals surface area contributed by atoms with Crippen LogP contribution in [-0.2, 0) is 11.8 Å². The number of aromatic nitrogens is 2. The Morgan fingerprint density at radius 3 is 2.54 bits per heavy atom. The molecule has 0 saturated heterocycles. The van der Waals surface area contributed by atoms with Crippen molar-refractivity contribution in [2.75, 3.05) is 12.4 Å². The summed E-state index contributed by atoms with van der Waals surface area (Å²) >= 11 is 0. The van der Waals surface area contributed by atoms with Crippen molar-refractivity contribution in [2.24, 2.45) is 7.05 Å². The fourth-order valence-electron chi connectivity index (χ4n) is 2.89. The van der Waals surface area contributed by atoms with Crippen LogP contribution >= 0.6 is 0 Å². The Bertz CT molecular complexity index is 1040. The molecule has 9 heteroatoms. The molecule has 1 N–H and O–H groups in total. The van der Waals surface area contributed by atoms with Crippen molar-refractivity contribution in [3.8, 4) is 16.9 Å². The van der Waals surface area contributed by atoms with Gasteiger partial charge < -0.3 is 14.0 Å². The molecular weight excluding hydrogens is 375 g/mol. The fourth-order valence-corrected chi connectivity index (χ4v) is 2.89. The van der Waals surface area contributed by atoms with E-state index in [0.717, 1.165) is 5.52 Å². The van der Waals surface area contributed by atoms with Crippen molar-refractivity contribution in [2.45, 2.75) is 6.36 Å². The van der Waals surface area contributed by atoms with E-state index in [9.17, 15) is 18.0 Å². The standard InChI is InChI=1S/C19H16F3N3O3/c1-4-13-15(24-18(26)27-3)9-14(17-16(13)23-10-25(17)2)11-5-7-12(8-6-11)28-19(20,21)22/h4-10H,1H2,2-3H3,(H,24,26). The topological polar surface area (TPSA) is 65.4 Å². The Morgan fingerprint density at radius 1 is 1.29 bits per heavy atom. The van der Waals surface area contributed by atoms with Crippen LogP contribution in [0.5, 0.6) is 5.75 Å². The number of nitrogens with one attached hydrogen (secondary N) is 1. The smallest absolute Gasteiger partial charge is 0.453 e. The van der Waals surface area contributed by atoms with Gasteiger partial charge in [-0.1, -0.05) is 24.8 Å². The van der Waals surface area contributed by atoms with E-state index < -0.39 is 12.5 Å². The van der Waals surface area contributed by atoms with Gasteiger partial charge in [-0.3, -0.25) is 5.32 Å². The Balaban J connectivity index is 2.15. The van der Waals surface area contributed by atoms with Crippen molar-refractivity contribution in [1.29, 1.82) is 0 Å². The van der Waals surface area contributed by atoms with Gasteiger partial charge in [-0.05, 0) is 23.8 Å². The molecule has 2 aromatic carbocycles. The van der Waals surface area contributed by atoms with E-state index in [0.29, 0.717) is 27.9 Å². The van der Waals surface area contributed by atoms with Gasteiger partial charge in [0, 0.05) is 18.2 Å². The quantitative estimate of drug-likeness (QED) is 0.683. The lowest BCUT2D eigenvalue weighted by Crippen LogP contribution is -2.16. The summed E-state index contributed by atoms with van der Waals surface area (Å²) < 4.78 is 47.5. The monoisotopic (exact) mass is 391 g/mol. The number of ether oxygens (including phenoxy) is 2. The van der Waals surface area contributed by atoms with Gasteiger partial charge in [0.05, 0.1) is 30.2 Å². The molecule has 146 valence electrons. The molecule has 0 radical (unpaired) electrons. The number of amides is 1. The predicted molar refractivity (Wildman–Crippen MR) is 99.0 cm³/mol. The maximum atomic E-state index is 12.4. The van der Waals surface area contributed by atoms with Gasteiger partial charge in [0.1, 0.15) is 5.75 Å². The lowest BCUT2D eigenvalue weighted by atomic mass is 9.99. The summed E-state index contributed by atoms with van der Waals surface area (Å²) in [5, 5.41) is 2.61. The van der Waals surface area contributed by atoms with Crippen LogP contribution in [-0.4, -0.2) is 29.1 Å². The third-order valence-corrected chi connectivity index (χ3v) is 4.05. The highest BCUT2D eigenvalue weighted by molar-refractivity contribution is 6.04. The second-order valence-corrected chi connectivity index (χ2v) is 5.83. The predicted octanol–water partition coefficient (Wildman–Crippen LogP) is 4.96. The van der Waals surface area contributed by atoms with Crippen LogP contribution in [0.1, 0.15) is 5.56 Å². The van der Waals surface area contributed by atoms with E-state index in [1.165, 1.54) is 31.4 Å². The molecule has 0 bridgehead atoms. The van der Waals surface area contributed by atoms with Crippen molar-refractivity contribution in [3.05, 3.63) is 48.8 Å². The molecule has 0 aliphatic rings. The third kappa shape index (κ3) is 3.78. The Morgan fingerprint density at radius 2 is 1.96 bits per heavy atom. The minimum atomic E-state index is -4.76. The molecular formula is C19H16F3N3O3. The molecule has 28 heavy (non-hydrogen) atoms. The summed E-state index contributed by atoms with van der Waals surface area (Å²) in [5.41, 5.74) is 3.60. The van der Waals surface area contributed by atoms with E-state index in [1.54, 1.807) is 30.1 Å². The first kappa shape index (κ1) is 19.3. The number of anilines is 1. The molecule has 0 spiro atoms. The average Bonchev–Trinajstić information content (AvgIpc) is 3.02. The van der Waals surface area contributed by atoms with E-state index >= 15 is 0 Å². The van der Waals surface area contributed by atoms with Crippen LogP contribution in [0.3, 0.4) is 0 Å². The van der Waals surface area contributed by atoms with Crippen molar-refractivity contribution < 1.29 is 27.4 Å². The van der Waals surface area contributed by atoms with Gasteiger partial charge in [-0.15, -0.1) is 13.2 Å². The second-order valence-electron chi connectivity index (χ2n) is 5.83. The van der Waals surface area contributed by atoms with E-state index in [-0.39, 0.29) is 5.75 Å². The third-order valence-electron chi connectivity index (χ3n) is 4.05. The molecule has 0 aliphatic heterocycles. The van der Waals surface area contributed by atoms with Crippen molar-refractivity contribution in [1.82, 2.24) is 9.55 Å². The molecule has 6 nitrogen and oxygen atoms in total. The molecule has 1 aromatic heterocycles. The number of rotatable bonds is 4. The molecule has 1 amide bonds. The zero-order valence-corrected chi connectivity index (χ0v) is 15.0. The average molecular weight is 391 g/mol. The van der Waals surface area contributed by atoms with Gasteiger partial charge in [0.25, 0.3) is 0 Å². The van der Waals surface area contributed by atoms with Crippen LogP contribution < -0.4 is 10.1 Å². The molecule has 3 rings (SSSR count). The van der Waals surface area contributed by atoms with E-state index in [1.807, 2.05) is 0 Å². The van der Waals surface area contributed by atoms with Crippen LogP contribution in [0.4, 0.5) is 23.7 Å². The highest BCUT2D eigenvalue weighted by Gasteiger charge is 2.31. The number of hydrogen-bond acceptors (Lipinski definition) is 4. The molecule has 1 heterocycles. The SMILES string of the molecule is C=Cc1c(NC(=O)OC)cc(-c2ccc(OC(F)(F)F)cc2)c2c1ncn2C. The summed E-state index contributed by atoms with van der Waals surface area (Å²) in [4.78, 5) is 16.1. The Hall–Kier alpha value is -3.49. The fraction of sp³-hybridized carbons (Fsp3) is 0.158. The molecule has 0 atom stereocenters. The summed E-state index contributed by atoms with van der Waals surface area (Å²) in [7, 11) is 3.03. The number of carbonyl (C=O) groups excluding carboxylic acids is 1. The summed E-state index contributed by atoms with van der Waals surface area (Å²) in [6.07, 6.45) is -2.27. The molecule has 0 fully saturated rings. The van der Waals surface area contributed by atoms with Crippen LogP contribution in [0.15, 0.2) is 43.2 Å². The number of imidazole rings is 1. The number of halogens is 3. The summed E-state index contributed by atoms with van der Waals surface area (Å²) in [6, 6.07) is 7.13. The lowest BCUT2D eigenvalue weighted by molar-refractivity contribution is -0.274. The highest BCUT2D eigenvalue weighted by Crippen LogP contribution is 2.36. The first-order valence-electron chi connectivity index (χ1n) is 8.05. The van der Waals surface area contributed by atoms with Crippen molar-refractivity contribution in [3.63, 3.8) is 0 Å². The van der Waals surface area contributed by atoms with Crippen molar-refractivity contribution >= 4 is 28.9 Å². The van der Waals surface area contributed by atoms with Gasteiger partial charge in [-0.25, -0.2) is 9.78 Å². The summed E-state index contributed by atoms with van der Waals surface area (Å²) in [5.74, 6) is -0.326. The minimum Gasteiger partial charge on any atom is -0.453 e. The minimum absolute atomic E-state index is 0.326. The largest absolute Gasteiger partial charge is 0.573 e. The second kappa shape index (κ2) is 7.26. The van der Waals surface area contributed by atoms with Gasteiger partial charge in [-0.2, -0.15) is 0 Å². The number of methoxy groups -OCH3 is 1. The van der Waals surface area contributed by atoms with E-state index in [2.05, 4.69) is 26.4 Å². The van der Waals surface area contributed by atoms with Crippen LogP contribution in [0.25, 0.3) is 28.2 Å². The maximum absolute atomic E-state index is 12.4. The van der Waals surface area contributed by atoms with Gasteiger partial charge in [0.2, 0.25) is 0 Å². The molecule has 0 aliphatic carbocycles. The maximum Gasteiger partial charge on any atom is 0.573 e. The molecule has 0 saturated carbocycles. The first-order valence-corrected chi connectivity index (χ1v) is 8.05. The number of alkyl halides is 3. The lowest BCUT2D eigenvalue weighted by Gasteiger charge is -2.14. The van der Waals surface area contributed by atoms with Crippen LogP contribution in [0, 0.1) is 0 Å². The van der Waals surface area contributed by atoms with E-state index in [4.69, 9.17) is 0 Å². The van der Waals surface area contributed by atoms with Crippen LogP contribution in [0.2, 0.25) is 0 Å². The number of nitrogens with zero attached hydrogens (tertiary/aromatic N) is 2. The normalized spacial score (nSPS) is 11.3. The zero-order chi connectivity index (χ0) is 20.5. The Kier molecular flexibility index (Phi) is 5.00. The number of aryl methyl sites for hydroxylation is 1. The zero-order valence-electron chi connectivity index (χ0n) is 15.0. The number of hydrogen-bond donors (Lipinski definition) is 1. The highest BCUT2D eigenvalue weighted by atomic mass is 19.4. The van der Waals surface area contributed by atoms with Gasteiger partial charge >= 0.3 is 12.5 Å². The van der Waals surface area contributed by atoms with Gasteiger partial charge in [0.15, 0.2) is 0 Å².